The van der Waals surface area contributed by atoms with Crippen molar-refractivity contribution < 1.29 is 19.1 Å². The number of halogens is 1. The average Bonchev–Trinajstić information content (AvgIpc) is 2.35. The number of carboxylic acid groups (broad SMARTS) is 1. The Morgan fingerprint density at radius 2 is 2.11 bits per heavy atom. The van der Waals surface area contributed by atoms with Crippen molar-refractivity contribution in [3.63, 3.8) is 0 Å². The molecule has 0 aliphatic carbocycles. The third kappa shape index (κ3) is 4.33. The predicted octanol–water partition coefficient (Wildman–Crippen LogP) is 1.61. The van der Waals surface area contributed by atoms with Crippen LogP contribution in [0.1, 0.15) is 20.3 Å². The van der Waals surface area contributed by atoms with E-state index in [2.05, 4.69) is 10.6 Å². The second-order valence-corrected chi connectivity index (χ2v) is 4.40. The van der Waals surface area contributed by atoms with Crippen LogP contribution in [0, 0.1) is 5.82 Å². The summed E-state index contributed by atoms with van der Waals surface area (Å²) in [4.78, 5) is 22.6. The van der Waals surface area contributed by atoms with E-state index in [0.29, 0.717) is 12.1 Å². The van der Waals surface area contributed by atoms with Crippen LogP contribution in [-0.2, 0) is 9.59 Å². The molecular formula is C13H17FN2O3. The van der Waals surface area contributed by atoms with E-state index in [9.17, 15) is 14.0 Å². The largest absolute Gasteiger partial charge is 0.480 e. The van der Waals surface area contributed by atoms with Gasteiger partial charge in [0, 0.05) is 5.69 Å². The number of hydrogen-bond donors (Lipinski definition) is 3. The Morgan fingerprint density at radius 3 is 2.63 bits per heavy atom. The quantitative estimate of drug-likeness (QED) is 0.732. The summed E-state index contributed by atoms with van der Waals surface area (Å²) in [5.74, 6) is -1.89. The fourth-order valence-electron chi connectivity index (χ4n) is 1.40. The fourth-order valence-corrected chi connectivity index (χ4v) is 1.40. The number of benzene rings is 1. The van der Waals surface area contributed by atoms with Crippen molar-refractivity contribution >= 4 is 17.6 Å². The highest BCUT2D eigenvalue weighted by Gasteiger charge is 2.30. The summed E-state index contributed by atoms with van der Waals surface area (Å²) in [5, 5.41) is 14.2. The molecule has 0 saturated heterocycles. The van der Waals surface area contributed by atoms with Crippen molar-refractivity contribution in [1.29, 1.82) is 0 Å². The Bertz CT molecular complexity index is 479. The molecule has 0 bridgehead atoms. The maximum atomic E-state index is 12.9. The van der Waals surface area contributed by atoms with Crippen molar-refractivity contribution in [2.24, 2.45) is 0 Å². The van der Waals surface area contributed by atoms with E-state index >= 15 is 0 Å². The Morgan fingerprint density at radius 1 is 1.42 bits per heavy atom. The molecule has 1 aromatic carbocycles. The number of aliphatic carboxylic acids is 1. The van der Waals surface area contributed by atoms with Gasteiger partial charge in [0.25, 0.3) is 0 Å². The highest BCUT2D eigenvalue weighted by atomic mass is 19.1. The van der Waals surface area contributed by atoms with Crippen LogP contribution in [0.2, 0.25) is 0 Å². The molecule has 1 aromatic rings. The van der Waals surface area contributed by atoms with Crippen LogP contribution in [0.15, 0.2) is 24.3 Å². The van der Waals surface area contributed by atoms with Gasteiger partial charge >= 0.3 is 5.97 Å². The van der Waals surface area contributed by atoms with Crippen LogP contribution >= 0.6 is 0 Å². The number of rotatable bonds is 6. The highest BCUT2D eigenvalue weighted by molar-refractivity contribution is 5.92. The summed E-state index contributed by atoms with van der Waals surface area (Å²) >= 11 is 0. The lowest BCUT2D eigenvalue weighted by molar-refractivity contribution is -0.144. The average molecular weight is 268 g/mol. The standard InChI is InChI=1S/C13H17FN2O3/c1-3-13(2,12(18)19)15-8-11(17)16-10-6-4-5-9(14)7-10/h4-7,15H,3,8H2,1-2H3,(H,16,17)(H,18,19). The van der Waals surface area contributed by atoms with E-state index < -0.39 is 23.2 Å². The van der Waals surface area contributed by atoms with Gasteiger partial charge in [-0.3, -0.25) is 14.9 Å². The van der Waals surface area contributed by atoms with E-state index in [0.717, 1.165) is 0 Å². The first-order valence-corrected chi connectivity index (χ1v) is 5.91. The SMILES string of the molecule is CCC(C)(NCC(=O)Nc1cccc(F)c1)C(=O)O. The number of hydrogen-bond acceptors (Lipinski definition) is 3. The van der Waals surface area contributed by atoms with Crippen LogP contribution in [0.5, 0.6) is 0 Å². The fraction of sp³-hybridized carbons (Fsp3) is 0.385. The Kier molecular flexibility index (Phi) is 5.00. The van der Waals surface area contributed by atoms with Crippen LogP contribution in [0.4, 0.5) is 10.1 Å². The molecular weight excluding hydrogens is 251 g/mol. The molecule has 0 saturated carbocycles. The molecule has 0 fully saturated rings. The topological polar surface area (TPSA) is 78.4 Å². The summed E-state index contributed by atoms with van der Waals surface area (Å²) in [6.45, 7) is 3.06. The molecule has 6 heteroatoms. The molecule has 0 spiro atoms. The first-order chi connectivity index (χ1) is 8.87. The minimum atomic E-state index is -1.15. The maximum Gasteiger partial charge on any atom is 0.323 e. The van der Waals surface area contributed by atoms with Gasteiger partial charge in [-0.1, -0.05) is 13.0 Å². The lowest BCUT2D eigenvalue weighted by Crippen LogP contribution is -2.51. The predicted molar refractivity (Wildman–Crippen MR) is 69.4 cm³/mol. The third-order valence-electron chi connectivity index (χ3n) is 2.93. The van der Waals surface area contributed by atoms with Crippen LogP contribution < -0.4 is 10.6 Å². The van der Waals surface area contributed by atoms with Crippen molar-refractivity contribution in [1.82, 2.24) is 5.32 Å². The van der Waals surface area contributed by atoms with Crippen LogP contribution in [0.25, 0.3) is 0 Å². The first kappa shape index (κ1) is 15.1. The zero-order valence-electron chi connectivity index (χ0n) is 10.9. The summed E-state index contributed by atoms with van der Waals surface area (Å²) in [7, 11) is 0. The second-order valence-electron chi connectivity index (χ2n) is 4.40. The van der Waals surface area contributed by atoms with Crippen LogP contribution in [-0.4, -0.2) is 29.1 Å². The molecule has 1 rings (SSSR count). The number of carbonyl (C=O) groups excluding carboxylic acids is 1. The number of carbonyl (C=O) groups is 2. The summed E-state index contributed by atoms with van der Waals surface area (Å²) < 4.78 is 12.9. The van der Waals surface area contributed by atoms with Crippen molar-refractivity contribution in [3.8, 4) is 0 Å². The van der Waals surface area contributed by atoms with Gasteiger partial charge in [0.15, 0.2) is 0 Å². The van der Waals surface area contributed by atoms with Gasteiger partial charge in [-0.2, -0.15) is 0 Å². The van der Waals surface area contributed by atoms with E-state index in [4.69, 9.17) is 5.11 Å². The van der Waals surface area contributed by atoms with Gasteiger partial charge in [0.05, 0.1) is 6.54 Å². The van der Waals surface area contributed by atoms with Gasteiger partial charge in [-0.05, 0) is 31.5 Å². The van der Waals surface area contributed by atoms with Gasteiger partial charge < -0.3 is 10.4 Å². The molecule has 1 atom stereocenters. The minimum Gasteiger partial charge on any atom is -0.480 e. The van der Waals surface area contributed by atoms with Gasteiger partial charge in [0.1, 0.15) is 11.4 Å². The number of carboxylic acids is 1. The minimum absolute atomic E-state index is 0.160. The molecule has 0 aliphatic rings. The number of amides is 1. The molecule has 5 nitrogen and oxygen atoms in total. The van der Waals surface area contributed by atoms with Gasteiger partial charge in [0.2, 0.25) is 5.91 Å². The molecule has 0 aliphatic heterocycles. The molecule has 0 heterocycles. The Labute approximate surface area is 110 Å². The van der Waals surface area contributed by atoms with Crippen LogP contribution in [0.3, 0.4) is 0 Å². The molecule has 3 N–H and O–H groups in total. The van der Waals surface area contributed by atoms with E-state index in [-0.39, 0.29) is 6.54 Å². The monoisotopic (exact) mass is 268 g/mol. The molecule has 104 valence electrons. The molecule has 1 unspecified atom stereocenters. The van der Waals surface area contributed by atoms with E-state index in [1.807, 2.05) is 0 Å². The lowest BCUT2D eigenvalue weighted by Gasteiger charge is -2.24. The summed E-state index contributed by atoms with van der Waals surface area (Å²) in [5.41, 5.74) is -0.820. The van der Waals surface area contributed by atoms with Gasteiger partial charge in [-0.15, -0.1) is 0 Å². The molecule has 0 aromatic heterocycles. The van der Waals surface area contributed by atoms with Crippen molar-refractivity contribution in [2.45, 2.75) is 25.8 Å². The normalized spacial score (nSPS) is 13.6. The van der Waals surface area contributed by atoms with Crippen molar-refractivity contribution in [2.75, 3.05) is 11.9 Å². The number of anilines is 1. The Balaban J connectivity index is 2.55. The zero-order valence-corrected chi connectivity index (χ0v) is 10.9. The highest BCUT2D eigenvalue weighted by Crippen LogP contribution is 2.10. The third-order valence-corrected chi connectivity index (χ3v) is 2.93. The molecule has 19 heavy (non-hydrogen) atoms. The number of nitrogens with one attached hydrogen (secondary N) is 2. The van der Waals surface area contributed by atoms with Crippen molar-refractivity contribution in [3.05, 3.63) is 30.1 Å². The second kappa shape index (κ2) is 6.29. The lowest BCUT2D eigenvalue weighted by atomic mass is 9.99. The Hall–Kier alpha value is -1.95. The summed E-state index contributed by atoms with van der Waals surface area (Å²) in [6, 6.07) is 5.49. The van der Waals surface area contributed by atoms with E-state index in [1.54, 1.807) is 13.0 Å². The zero-order chi connectivity index (χ0) is 14.5. The first-order valence-electron chi connectivity index (χ1n) is 5.91. The molecule has 1 amide bonds. The van der Waals surface area contributed by atoms with E-state index in [1.165, 1.54) is 25.1 Å². The molecule has 0 radical (unpaired) electrons. The summed E-state index contributed by atoms with van der Waals surface area (Å²) in [6.07, 6.45) is 0.343. The van der Waals surface area contributed by atoms with Gasteiger partial charge in [-0.25, -0.2) is 4.39 Å². The maximum absolute atomic E-state index is 12.9. The smallest absolute Gasteiger partial charge is 0.323 e.